The number of benzene rings is 3. The highest BCUT2D eigenvalue weighted by atomic mass is 15.2. The average molecular weight is 413 g/mol. The van der Waals surface area contributed by atoms with Crippen molar-refractivity contribution in [2.75, 3.05) is 4.90 Å². The van der Waals surface area contributed by atoms with E-state index in [-0.39, 0.29) is 5.54 Å². The smallest absolute Gasteiger partial charge is 0.0730 e. The Bertz CT molecular complexity index is 1280. The maximum atomic E-state index is 5.07. The van der Waals surface area contributed by atoms with Gasteiger partial charge >= 0.3 is 0 Å². The van der Waals surface area contributed by atoms with E-state index in [0.29, 0.717) is 5.92 Å². The van der Waals surface area contributed by atoms with Crippen molar-refractivity contribution in [1.29, 1.82) is 0 Å². The quantitative estimate of drug-likeness (QED) is 0.346. The zero-order valence-electron chi connectivity index (χ0n) is 18.0. The third-order valence-electron chi connectivity index (χ3n) is 6.68. The van der Waals surface area contributed by atoms with E-state index in [1.165, 1.54) is 11.3 Å². The Hall–Kier alpha value is -3.91. The SMILES string of the molecule is CC12C=CC=CC1c1ccccc1N2c1cc(-c2ccccc2)nc(-c2ccccc2)c1. The monoisotopic (exact) mass is 412 g/mol. The zero-order chi connectivity index (χ0) is 21.5. The lowest BCUT2D eigenvalue weighted by Crippen LogP contribution is -2.42. The topological polar surface area (TPSA) is 16.1 Å². The van der Waals surface area contributed by atoms with Gasteiger partial charge in [0.15, 0.2) is 0 Å². The van der Waals surface area contributed by atoms with Crippen LogP contribution in [0.3, 0.4) is 0 Å². The first kappa shape index (κ1) is 18.8. The Morgan fingerprint density at radius 3 is 1.97 bits per heavy atom. The van der Waals surface area contributed by atoms with Crippen LogP contribution >= 0.6 is 0 Å². The van der Waals surface area contributed by atoms with Crippen molar-refractivity contribution in [3.05, 3.63) is 127 Å². The van der Waals surface area contributed by atoms with Gasteiger partial charge in [0.1, 0.15) is 0 Å². The van der Waals surface area contributed by atoms with E-state index < -0.39 is 0 Å². The predicted octanol–water partition coefficient (Wildman–Crippen LogP) is 7.54. The summed E-state index contributed by atoms with van der Waals surface area (Å²) < 4.78 is 0. The molecule has 154 valence electrons. The normalized spacial score (nSPS) is 20.8. The molecule has 2 heterocycles. The number of rotatable bonds is 3. The number of nitrogens with zero attached hydrogens (tertiary/aromatic N) is 2. The van der Waals surface area contributed by atoms with Crippen LogP contribution in [0.25, 0.3) is 22.5 Å². The Morgan fingerprint density at radius 2 is 1.31 bits per heavy atom. The zero-order valence-corrected chi connectivity index (χ0v) is 18.0. The largest absolute Gasteiger partial charge is 0.331 e. The van der Waals surface area contributed by atoms with Crippen LogP contribution < -0.4 is 4.90 Å². The summed E-state index contributed by atoms with van der Waals surface area (Å²) in [5, 5.41) is 0. The molecular formula is C30H24N2. The van der Waals surface area contributed by atoms with Gasteiger partial charge in [-0.2, -0.15) is 0 Å². The van der Waals surface area contributed by atoms with Crippen LogP contribution in [0, 0.1) is 0 Å². The molecular weight excluding hydrogens is 388 g/mol. The molecule has 1 aromatic heterocycles. The summed E-state index contributed by atoms with van der Waals surface area (Å²) in [7, 11) is 0. The van der Waals surface area contributed by atoms with Gasteiger partial charge in [-0.05, 0) is 30.7 Å². The second kappa shape index (κ2) is 7.35. The number of allylic oxidation sites excluding steroid dienone is 2. The van der Waals surface area contributed by atoms with Crippen LogP contribution in [-0.4, -0.2) is 10.5 Å². The van der Waals surface area contributed by atoms with Crippen molar-refractivity contribution in [2.45, 2.75) is 18.4 Å². The summed E-state index contributed by atoms with van der Waals surface area (Å²) in [6.07, 6.45) is 9.01. The van der Waals surface area contributed by atoms with Gasteiger partial charge in [0.05, 0.1) is 16.9 Å². The van der Waals surface area contributed by atoms with Gasteiger partial charge in [0.2, 0.25) is 0 Å². The fourth-order valence-corrected chi connectivity index (χ4v) is 5.15. The number of fused-ring (bicyclic) bond motifs is 3. The summed E-state index contributed by atoms with van der Waals surface area (Å²) >= 11 is 0. The van der Waals surface area contributed by atoms with Crippen molar-refractivity contribution in [1.82, 2.24) is 4.98 Å². The minimum atomic E-state index is -0.165. The number of aromatic nitrogens is 1. The van der Waals surface area contributed by atoms with Crippen LogP contribution in [-0.2, 0) is 0 Å². The molecule has 1 aliphatic heterocycles. The first-order valence-electron chi connectivity index (χ1n) is 11.1. The van der Waals surface area contributed by atoms with Gasteiger partial charge in [-0.1, -0.05) is 103 Å². The van der Waals surface area contributed by atoms with Gasteiger partial charge in [-0.3, -0.25) is 0 Å². The van der Waals surface area contributed by atoms with Crippen LogP contribution in [0.4, 0.5) is 11.4 Å². The van der Waals surface area contributed by atoms with Gasteiger partial charge in [-0.15, -0.1) is 0 Å². The van der Waals surface area contributed by atoms with E-state index in [1.54, 1.807) is 0 Å². The van der Waals surface area contributed by atoms with Crippen molar-refractivity contribution >= 4 is 11.4 Å². The lowest BCUT2D eigenvalue weighted by atomic mass is 9.80. The highest BCUT2D eigenvalue weighted by molar-refractivity contribution is 5.82. The second-order valence-corrected chi connectivity index (χ2v) is 8.67. The van der Waals surface area contributed by atoms with E-state index in [9.17, 15) is 0 Å². The Morgan fingerprint density at radius 1 is 0.719 bits per heavy atom. The molecule has 0 saturated heterocycles. The molecule has 32 heavy (non-hydrogen) atoms. The maximum Gasteiger partial charge on any atom is 0.0730 e. The molecule has 3 aromatic carbocycles. The molecule has 0 spiro atoms. The number of pyridine rings is 1. The van der Waals surface area contributed by atoms with Crippen molar-refractivity contribution in [3.8, 4) is 22.5 Å². The van der Waals surface area contributed by atoms with Gasteiger partial charge < -0.3 is 4.90 Å². The molecule has 4 aromatic rings. The summed E-state index contributed by atoms with van der Waals surface area (Å²) in [6, 6.07) is 34.2. The third-order valence-corrected chi connectivity index (χ3v) is 6.68. The van der Waals surface area contributed by atoms with Crippen LogP contribution in [0.1, 0.15) is 18.4 Å². The predicted molar refractivity (Wildman–Crippen MR) is 133 cm³/mol. The number of para-hydroxylation sites is 1. The second-order valence-electron chi connectivity index (χ2n) is 8.67. The minimum absolute atomic E-state index is 0.165. The van der Waals surface area contributed by atoms with Crippen molar-refractivity contribution in [3.63, 3.8) is 0 Å². The number of anilines is 2. The van der Waals surface area contributed by atoms with Crippen LogP contribution in [0.15, 0.2) is 121 Å². The Kier molecular flexibility index (Phi) is 4.32. The summed E-state index contributed by atoms with van der Waals surface area (Å²) in [4.78, 5) is 7.56. The van der Waals surface area contributed by atoms with Gasteiger partial charge in [0.25, 0.3) is 0 Å². The van der Waals surface area contributed by atoms with Crippen LogP contribution in [0.5, 0.6) is 0 Å². The molecule has 0 saturated carbocycles. The summed E-state index contributed by atoms with van der Waals surface area (Å²) in [5.41, 5.74) is 7.86. The molecule has 2 nitrogen and oxygen atoms in total. The molecule has 0 bridgehead atoms. The van der Waals surface area contributed by atoms with Crippen molar-refractivity contribution < 1.29 is 0 Å². The van der Waals surface area contributed by atoms with E-state index >= 15 is 0 Å². The molecule has 0 amide bonds. The molecule has 0 radical (unpaired) electrons. The minimum Gasteiger partial charge on any atom is -0.331 e. The first-order valence-corrected chi connectivity index (χ1v) is 11.1. The van der Waals surface area contributed by atoms with Crippen LogP contribution in [0.2, 0.25) is 0 Å². The molecule has 0 fully saturated rings. The lowest BCUT2D eigenvalue weighted by molar-refractivity contribution is 0.542. The Labute approximate surface area is 189 Å². The third kappa shape index (κ3) is 2.91. The standard InChI is InChI=1S/C30H24N2/c1-30-19-11-10-17-26(30)25-16-8-9-18-29(25)32(30)24-20-27(22-12-4-2-5-13-22)31-28(21-24)23-14-6-3-7-15-23/h2-21,26H,1H3. The van der Waals surface area contributed by atoms with E-state index in [2.05, 4.69) is 121 Å². The molecule has 1 aliphatic carbocycles. The fraction of sp³-hybridized carbons (Fsp3) is 0.100. The fourth-order valence-electron chi connectivity index (χ4n) is 5.15. The highest BCUT2D eigenvalue weighted by Gasteiger charge is 2.46. The van der Waals surface area contributed by atoms with E-state index in [1.807, 2.05) is 12.1 Å². The summed E-state index contributed by atoms with van der Waals surface area (Å²) in [6.45, 7) is 2.34. The van der Waals surface area contributed by atoms with Gasteiger partial charge in [0, 0.05) is 28.4 Å². The number of hydrogen-bond donors (Lipinski definition) is 0. The van der Waals surface area contributed by atoms with E-state index in [4.69, 9.17) is 4.98 Å². The molecule has 2 aliphatic rings. The summed E-state index contributed by atoms with van der Waals surface area (Å²) in [5.74, 6) is 0.317. The molecule has 2 atom stereocenters. The first-order chi connectivity index (χ1) is 15.7. The molecule has 6 rings (SSSR count). The Balaban J connectivity index is 1.60. The molecule has 0 N–H and O–H groups in total. The van der Waals surface area contributed by atoms with E-state index in [0.717, 1.165) is 28.2 Å². The molecule has 2 unspecified atom stereocenters. The highest BCUT2D eigenvalue weighted by Crippen LogP contribution is 2.54. The maximum absolute atomic E-state index is 5.07. The lowest BCUT2D eigenvalue weighted by Gasteiger charge is -2.39. The molecule has 2 heteroatoms. The average Bonchev–Trinajstić information content (AvgIpc) is 3.13. The van der Waals surface area contributed by atoms with Gasteiger partial charge in [-0.25, -0.2) is 4.98 Å². The number of hydrogen-bond acceptors (Lipinski definition) is 2. The van der Waals surface area contributed by atoms with Crippen molar-refractivity contribution in [2.24, 2.45) is 0 Å².